The molecular formula is C13H17BrFNO. The van der Waals surface area contributed by atoms with Crippen LogP contribution in [0.4, 0.5) is 4.39 Å². The fraction of sp³-hybridized carbons (Fsp3) is 0.462. The number of carbonyl (C=O) groups is 1. The topological polar surface area (TPSA) is 43.1 Å². The van der Waals surface area contributed by atoms with Gasteiger partial charge < -0.3 is 5.73 Å². The minimum Gasteiger partial charge on any atom is -0.321 e. The van der Waals surface area contributed by atoms with Crippen molar-refractivity contribution in [3.8, 4) is 0 Å². The summed E-state index contributed by atoms with van der Waals surface area (Å²) in [5, 5.41) is 0. The van der Waals surface area contributed by atoms with E-state index in [1.807, 2.05) is 20.8 Å². The fourth-order valence-electron chi connectivity index (χ4n) is 1.44. The Labute approximate surface area is 110 Å². The Balaban J connectivity index is 2.78. The van der Waals surface area contributed by atoms with E-state index in [-0.39, 0.29) is 23.4 Å². The summed E-state index contributed by atoms with van der Waals surface area (Å²) in [7, 11) is 0. The lowest BCUT2D eigenvalue weighted by molar-refractivity contribution is -0.121. The largest absolute Gasteiger partial charge is 0.321 e. The first-order valence-electron chi connectivity index (χ1n) is 5.44. The Kier molecular flexibility index (Phi) is 4.44. The van der Waals surface area contributed by atoms with Crippen LogP contribution in [0.5, 0.6) is 0 Å². The quantitative estimate of drug-likeness (QED) is 0.932. The van der Waals surface area contributed by atoms with Gasteiger partial charge in [0.1, 0.15) is 5.82 Å². The van der Waals surface area contributed by atoms with Crippen molar-refractivity contribution < 1.29 is 9.18 Å². The maximum absolute atomic E-state index is 13.0. The molecule has 17 heavy (non-hydrogen) atoms. The van der Waals surface area contributed by atoms with Crippen molar-refractivity contribution in [3.63, 3.8) is 0 Å². The Bertz CT molecular complexity index is 426. The lowest BCUT2D eigenvalue weighted by atomic mass is 9.83. The molecule has 0 spiro atoms. The van der Waals surface area contributed by atoms with Gasteiger partial charge in [-0.25, -0.2) is 4.39 Å². The van der Waals surface area contributed by atoms with Crippen LogP contribution in [-0.2, 0) is 11.2 Å². The minimum absolute atomic E-state index is 0.0315. The Morgan fingerprint density at radius 3 is 2.53 bits per heavy atom. The van der Waals surface area contributed by atoms with E-state index in [4.69, 9.17) is 5.73 Å². The second kappa shape index (κ2) is 5.27. The third-order valence-corrected chi connectivity index (χ3v) is 3.25. The number of halogens is 2. The summed E-state index contributed by atoms with van der Waals surface area (Å²) < 4.78 is 13.4. The number of rotatable bonds is 3. The zero-order valence-corrected chi connectivity index (χ0v) is 11.8. The number of benzene rings is 1. The fourth-order valence-corrected chi connectivity index (χ4v) is 1.87. The highest BCUT2D eigenvalue weighted by atomic mass is 79.9. The van der Waals surface area contributed by atoms with Crippen molar-refractivity contribution in [1.82, 2.24) is 0 Å². The average Bonchev–Trinajstić information content (AvgIpc) is 2.21. The molecule has 0 radical (unpaired) electrons. The summed E-state index contributed by atoms with van der Waals surface area (Å²) in [6.45, 7) is 5.78. The number of ketones is 1. The Hall–Kier alpha value is -0.740. The van der Waals surface area contributed by atoms with Crippen LogP contribution < -0.4 is 5.73 Å². The van der Waals surface area contributed by atoms with Crippen LogP contribution in [0.15, 0.2) is 22.7 Å². The maximum Gasteiger partial charge on any atom is 0.154 e. The molecule has 0 aliphatic rings. The number of carbonyl (C=O) groups excluding carboxylic acids is 1. The standard InChI is InChI=1S/C13H17BrFNO/c1-13(2,3)12(16)11(17)7-8-4-5-10(15)9(14)6-8/h4-6,12H,7,16H2,1-3H3. The molecule has 0 aliphatic carbocycles. The summed E-state index contributed by atoms with van der Waals surface area (Å²) in [5.41, 5.74) is 6.39. The molecule has 1 rings (SSSR count). The minimum atomic E-state index is -0.508. The SMILES string of the molecule is CC(C)(C)C(N)C(=O)Cc1ccc(F)c(Br)c1. The van der Waals surface area contributed by atoms with Gasteiger partial charge in [0.05, 0.1) is 10.5 Å². The van der Waals surface area contributed by atoms with Gasteiger partial charge >= 0.3 is 0 Å². The normalized spacial score (nSPS) is 13.5. The maximum atomic E-state index is 13.0. The van der Waals surface area contributed by atoms with Gasteiger partial charge in [-0.1, -0.05) is 26.8 Å². The first kappa shape index (κ1) is 14.3. The molecular weight excluding hydrogens is 285 g/mol. The molecule has 0 saturated carbocycles. The van der Waals surface area contributed by atoms with Crippen molar-refractivity contribution in [1.29, 1.82) is 0 Å². The van der Waals surface area contributed by atoms with E-state index < -0.39 is 6.04 Å². The van der Waals surface area contributed by atoms with Crippen LogP contribution in [0.1, 0.15) is 26.3 Å². The molecule has 0 saturated heterocycles. The molecule has 0 fully saturated rings. The Morgan fingerprint density at radius 2 is 2.06 bits per heavy atom. The van der Waals surface area contributed by atoms with Crippen LogP contribution in [0, 0.1) is 11.2 Å². The molecule has 2 N–H and O–H groups in total. The highest BCUT2D eigenvalue weighted by Gasteiger charge is 2.27. The van der Waals surface area contributed by atoms with Crippen LogP contribution in [0.2, 0.25) is 0 Å². The van der Waals surface area contributed by atoms with Gasteiger partial charge in [0.15, 0.2) is 5.78 Å². The number of Topliss-reactive ketones (excluding diaryl/α,β-unsaturated/α-hetero) is 1. The smallest absolute Gasteiger partial charge is 0.154 e. The van der Waals surface area contributed by atoms with Crippen LogP contribution in [-0.4, -0.2) is 11.8 Å². The van der Waals surface area contributed by atoms with Crippen molar-refractivity contribution in [2.24, 2.45) is 11.1 Å². The molecule has 1 aromatic carbocycles. The summed E-state index contributed by atoms with van der Waals surface area (Å²) in [6, 6.07) is 4.05. The van der Waals surface area contributed by atoms with Crippen molar-refractivity contribution in [3.05, 3.63) is 34.1 Å². The molecule has 1 aromatic rings. The van der Waals surface area contributed by atoms with Gasteiger partial charge in [0.25, 0.3) is 0 Å². The highest BCUT2D eigenvalue weighted by Crippen LogP contribution is 2.21. The molecule has 0 heterocycles. The zero-order chi connectivity index (χ0) is 13.2. The van der Waals surface area contributed by atoms with Crippen LogP contribution in [0.25, 0.3) is 0 Å². The second-order valence-corrected chi connectivity index (χ2v) is 6.09. The zero-order valence-electron chi connectivity index (χ0n) is 10.3. The second-order valence-electron chi connectivity index (χ2n) is 5.24. The van der Waals surface area contributed by atoms with E-state index >= 15 is 0 Å². The molecule has 0 aliphatic heterocycles. The number of hydrogen-bond acceptors (Lipinski definition) is 2. The number of hydrogen-bond donors (Lipinski definition) is 1. The predicted molar refractivity (Wildman–Crippen MR) is 70.2 cm³/mol. The number of nitrogens with two attached hydrogens (primary N) is 1. The predicted octanol–water partition coefficient (Wildman–Crippen LogP) is 3.07. The van der Waals surface area contributed by atoms with E-state index in [1.54, 1.807) is 12.1 Å². The van der Waals surface area contributed by atoms with Gasteiger partial charge in [0.2, 0.25) is 0 Å². The first-order valence-corrected chi connectivity index (χ1v) is 6.23. The lowest BCUT2D eigenvalue weighted by Crippen LogP contribution is -2.43. The lowest BCUT2D eigenvalue weighted by Gasteiger charge is -2.25. The third kappa shape index (κ3) is 3.89. The van der Waals surface area contributed by atoms with E-state index in [1.165, 1.54) is 6.07 Å². The molecule has 1 atom stereocenters. The highest BCUT2D eigenvalue weighted by molar-refractivity contribution is 9.10. The van der Waals surface area contributed by atoms with E-state index in [0.717, 1.165) is 5.56 Å². The van der Waals surface area contributed by atoms with E-state index in [9.17, 15) is 9.18 Å². The average molecular weight is 302 g/mol. The van der Waals surface area contributed by atoms with Gasteiger partial charge in [-0.05, 0) is 39.0 Å². The van der Waals surface area contributed by atoms with Gasteiger partial charge in [-0.2, -0.15) is 0 Å². The van der Waals surface area contributed by atoms with E-state index in [0.29, 0.717) is 4.47 Å². The molecule has 0 aromatic heterocycles. The van der Waals surface area contributed by atoms with Crippen LogP contribution >= 0.6 is 15.9 Å². The summed E-state index contributed by atoms with van der Waals surface area (Å²) in [5.74, 6) is -0.364. The molecule has 1 unspecified atom stereocenters. The first-order chi connectivity index (χ1) is 7.71. The van der Waals surface area contributed by atoms with Crippen LogP contribution in [0.3, 0.4) is 0 Å². The van der Waals surface area contributed by atoms with Crippen molar-refractivity contribution >= 4 is 21.7 Å². The van der Waals surface area contributed by atoms with Gasteiger partial charge in [-0.15, -0.1) is 0 Å². The summed E-state index contributed by atoms with van der Waals surface area (Å²) in [6.07, 6.45) is 0.233. The van der Waals surface area contributed by atoms with Gasteiger partial charge in [-0.3, -0.25) is 4.79 Å². The molecule has 0 bridgehead atoms. The monoisotopic (exact) mass is 301 g/mol. The van der Waals surface area contributed by atoms with E-state index in [2.05, 4.69) is 15.9 Å². The Morgan fingerprint density at radius 1 is 1.47 bits per heavy atom. The van der Waals surface area contributed by atoms with Gasteiger partial charge in [0, 0.05) is 6.42 Å². The third-order valence-electron chi connectivity index (χ3n) is 2.64. The summed E-state index contributed by atoms with van der Waals surface area (Å²) >= 11 is 3.09. The summed E-state index contributed by atoms with van der Waals surface area (Å²) in [4.78, 5) is 11.9. The molecule has 94 valence electrons. The van der Waals surface area contributed by atoms with Crippen molar-refractivity contribution in [2.45, 2.75) is 33.2 Å². The molecule has 4 heteroatoms. The molecule has 0 amide bonds. The molecule has 2 nitrogen and oxygen atoms in total. The van der Waals surface area contributed by atoms with Crippen molar-refractivity contribution in [2.75, 3.05) is 0 Å².